The van der Waals surface area contributed by atoms with Crippen molar-refractivity contribution in [3.05, 3.63) is 0 Å². The summed E-state index contributed by atoms with van der Waals surface area (Å²) in [7, 11) is 0. The van der Waals surface area contributed by atoms with Gasteiger partial charge in [0.25, 0.3) is 0 Å². The van der Waals surface area contributed by atoms with Crippen LogP contribution in [0.2, 0.25) is 0 Å². The third kappa shape index (κ3) is 6.85. The molecule has 3 aliphatic heterocycles. The first-order chi connectivity index (χ1) is 11.7. The van der Waals surface area contributed by atoms with Crippen LogP contribution in [0, 0.1) is 5.92 Å². The highest BCUT2D eigenvalue weighted by Crippen LogP contribution is 2.16. The van der Waals surface area contributed by atoms with Crippen LogP contribution in [0.5, 0.6) is 0 Å². The number of nitrogens with one attached hydrogen (secondary N) is 1. The minimum absolute atomic E-state index is 0. The van der Waals surface area contributed by atoms with Crippen molar-refractivity contribution in [2.75, 3.05) is 72.1 Å². The number of hydrogen-bond acceptors (Lipinski definition) is 5. The van der Waals surface area contributed by atoms with Crippen LogP contribution in [0.15, 0.2) is 0 Å². The van der Waals surface area contributed by atoms with Gasteiger partial charge in [-0.15, -0.1) is 24.8 Å². The van der Waals surface area contributed by atoms with Crippen LogP contribution < -0.4 is 5.32 Å². The summed E-state index contributed by atoms with van der Waals surface area (Å²) in [6.45, 7) is 8.40. The Hall–Kier alpha value is -0.600. The van der Waals surface area contributed by atoms with Gasteiger partial charge < -0.3 is 19.9 Å². The van der Waals surface area contributed by atoms with E-state index in [1.165, 1.54) is 6.42 Å². The molecule has 3 heterocycles. The number of halogens is 2. The number of ether oxygens (including phenoxy) is 1. The Morgan fingerprint density at radius 2 is 1.58 bits per heavy atom. The summed E-state index contributed by atoms with van der Waals surface area (Å²) < 4.78 is 5.28. The van der Waals surface area contributed by atoms with Gasteiger partial charge in [-0.25, -0.2) is 0 Å². The van der Waals surface area contributed by atoms with E-state index in [4.69, 9.17) is 4.74 Å². The Labute approximate surface area is 168 Å². The van der Waals surface area contributed by atoms with Crippen LogP contribution in [0.1, 0.15) is 19.3 Å². The van der Waals surface area contributed by atoms with Gasteiger partial charge in [-0.2, -0.15) is 0 Å². The molecule has 3 saturated heterocycles. The van der Waals surface area contributed by atoms with Crippen LogP contribution in [-0.2, 0) is 14.3 Å². The minimum Gasteiger partial charge on any atom is -0.378 e. The molecular formula is C17H32Cl2N4O3. The summed E-state index contributed by atoms with van der Waals surface area (Å²) in [5, 5.41) is 3.35. The van der Waals surface area contributed by atoms with Crippen molar-refractivity contribution in [3.63, 3.8) is 0 Å². The largest absolute Gasteiger partial charge is 0.378 e. The number of carbonyl (C=O) groups excluding carboxylic acids is 2. The highest BCUT2D eigenvalue weighted by atomic mass is 35.5. The Morgan fingerprint density at radius 3 is 2.19 bits per heavy atom. The van der Waals surface area contributed by atoms with Gasteiger partial charge in [0.05, 0.1) is 19.8 Å². The second kappa shape index (κ2) is 12.0. The van der Waals surface area contributed by atoms with Crippen molar-refractivity contribution in [1.29, 1.82) is 0 Å². The lowest BCUT2D eigenvalue weighted by Crippen LogP contribution is -2.52. The maximum absolute atomic E-state index is 12.3. The van der Waals surface area contributed by atoms with Crippen molar-refractivity contribution in [2.24, 2.45) is 5.92 Å². The molecule has 7 nitrogen and oxygen atoms in total. The Balaban J connectivity index is 0.00000169. The lowest BCUT2D eigenvalue weighted by Gasteiger charge is -2.36. The van der Waals surface area contributed by atoms with Crippen LogP contribution >= 0.6 is 24.8 Å². The quantitative estimate of drug-likeness (QED) is 0.702. The number of amides is 2. The predicted molar refractivity (Wildman–Crippen MR) is 105 cm³/mol. The summed E-state index contributed by atoms with van der Waals surface area (Å²) in [5.74, 6) is 1.13. The molecule has 1 unspecified atom stereocenters. The number of rotatable bonds is 5. The molecule has 0 spiro atoms. The van der Waals surface area contributed by atoms with E-state index in [0.717, 1.165) is 45.7 Å². The van der Waals surface area contributed by atoms with Gasteiger partial charge in [0.2, 0.25) is 11.8 Å². The fourth-order valence-corrected chi connectivity index (χ4v) is 3.71. The zero-order chi connectivity index (χ0) is 16.8. The van der Waals surface area contributed by atoms with Crippen LogP contribution in [-0.4, -0.2) is 98.6 Å². The first-order valence-electron chi connectivity index (χ1n) is 9.29. The highest BCUT2D eigenvalue weighted by molar-refractivity contribution is 5.85. The number of piperazine rings is 1. The fraction of sp³-hybridized carbons (Fsp3) is 0.882. The Kier molecular flexibility index (Phi) is 10.8. The maximum atomic E-state index is 12.3. The minimum atomic E-state index is 0. The molecule has 1 atom stereocenters. The second-order valence-electron chi connectivity index (χ2n) is 7.05. The van der Waals surface area contributed by atoms with E-state index in [9.17, 15) is 9.59 Å². The third-order valence-corrected chi connectivity index (χ3v) is 5.38. The standard InChI is InChI=1S/C17H30N4O3.2ClH/c22-16(2-1-15-3-4-18-13-15)20-7-5-19(6-8-20)14-17(23)21-9-11-24-12-10-21;;/h15,18H,1-14H2;2*1H. The maximum Gasteiger partial charge on any atom is 0.236 e. The smallest absolute Gasteiger partial charge is 0.236 e. The van der Waals surface area contributed by atoms with Gasteiger partial charge in [-0.1, -0.05) is 0 Å². The molecular weight excluding hydrogens is 379 g/mol. The molecule has 9 heteroatoms. The Morgan fingerprint density at radius 1 is 0.923 bits per heavy atom. The summed E-state index contributed by atoms with van der Waals surface area (Å²) >= 11 is 0. The van der Waals surface area contributed by atoms with E-state index in [-0.39, 0.29) is 36.6 Å². The molecule has 152 valence electrons. The molecule has 0 aromatic heterocycles. The molecule has 0 aromatic carbocycles. The number of hydrogen-bond donors (Lipinski definition) is 1. The van der Waals surface area contributed by atoms with Gasteiger partial charge in [-0.05, 0) is 31.8 Å². The average Bonchev–Trinajstić information content (AvgIpc) is 3.14. The molecule has 3 aliphatic rings. The van der Waals surface area contributed by atoms with E-state index < -0.39 is 0 Å². The molecule has 0 bridgehead atoms. The zero-order valence-corrected chi connectivity index (χ0v) is 17.0. The van der Waals surface area contributed by atoms with Gasteiger partial charge in [0.15, 0.2) is 0 Å². The summed E-state index contributed by atoms with van der Waals surface area (Å²) in [6, 6.07) is 0. The topological polar surface area (TPSA) is 65.1 Å². The predicted octanol–water partition coefficient (Wildman–Crippen LogP) is 0.223. The van der Waals surface area contributed by atoms with Crippen molar-refractivity contribution in [3.8, 4) is 0 Å². The molecule has 0 aliphatic carbocycles. The molecule has 0 saturated carbocycles. The van der Waals surface area contributed by atoms with E-state index >= 15 is 0 Å². The van der Waals surface area contributed by atoms with Crippen molar-refractivity contribution in [1.82, 2.24) is 20.0 Å². The van der Waals surface area contributed by atoms with E-state index in [1.807, 2.05) is 9.80 Å². The molecule has 0 radical (unpaired) electrons. The van der Waals surface area contributed by atoms with Gasteiger partial charge >= 0.3 is 0 Å². The number of nitrogens with zero attached hydrogens (tertiary/aromatic N) is 3. The van der Waals surface area contributed by atoms with Crippen LogP contribution in [0.25, 0.3) is 0 Å². The summed E-state index contributed by atoms with van der Waals surface area (Å²) in [6.07, 6.45) is 2.87. The van der Waals surface area contributed by atoms with Gasteiger partial charge in [0, 0.05) is 45.7 Å². The molecule has 2 amide bonds. The molecule has 26 heavy (non-hydrogen) atoms. The van der Waals surface area contributed by atoms with Crippen molar-refractivity contribution >= 4 is 36.6 Å². The number of morpholine rings is 1. The molecule has 0 aromatic rings. The first kappa shape index (κ1) is 23.4. The van der Waals surface area contributed by atoms with Crippen molar-refractivity contribution in [2.45, 2.75) is 19.3 Å². The first-order valence-corrected chi connectivity index (χ1v) is 9.29. The lowest BCUT2D eigenvalue weighted by atomic mass is 10.0. The summed E-state index contributed by atoms with van der Waals surface area (Å²) in [4.78, 5) is 30.6. The average molecular weight is 411 g/mol. The second-order valence-corrected chi connectivity index (χ2v) is 7.05. The van der Waals surface area contributed by atoms with Gasteiger partial charge in [0.1, 0.15) is 0 Å². The van der Waals surface area contributed by atoms with E-state index in [1.54, 1.807) is 0 Å². The molecule has 3 rings (SSSR count). The normalized spacial score (nSPS) is 23.9. The van der Waals surface area contributed by atoms with Crippen molar-refractivity contribution < 1.29 is 14.3 Å². The lowest BCUT2D eigenvalue weighted by molar-refractivity contribution is -0.138. The fourth-order valence-electron chi connectivity index (χ4n) is 3.71. The SMILES string of the molecule is Cl.Cl.O=C(CCC1CCNC1)N1CCN(CC(=O)N2CCOCC2)CC1. The van der Waals surface area contributed by atoms with E-state index in [2.05, 4.69) is 10.2 Å². The molecule has 3 fully saturated rings. The third-order valence-electron chi connectivity index (χ3n) is 5.38. The molecule has 1 N–H and O–H groups in total. The zero-order valence-electron chi connectivity index (χ0n) is 15.4. The monoisotopic (exact) mass is 410 g/mol. The Bertz CT molecular complexity index is 436. The van der Waals surface area contributed by atoms with Gasteiger partial charge in [-0.3, -0.25) is 14.5 Å². The number of carbonyl (C=O) groups is 2. The summed E-state index contributed by atoms with van der Waals surface area (Å²) in [5.41, 5.74) is 0. The highest BCUT2D eigenvalue weighted by Gasteiger charge is 2.25. The van der Waals surface area contributed by atoms with Crippen LogP contribution in [0.3, 0.4) is 0 Å². The van der Waals surface area contributed by atoms with E-state index in [0.29, 0.717) is 45.2 Å². The van der Waals surface area contributed by atoms with Crippen LogP contribution in [0.4, 0.5) is 0 Å².